The van der Waals surface area contributed by atoms with Crippen LogP contribution in [0.15, 0.2) is 66.0 Å². The van der Waals surface area contributed by atoms with E-state index in [4.69, 9.17) is 4.74 Å². The van der Waals surface area contributed by atoms with Crippen LogP contribution < -0.4 is 9.64 Å². The molecular formula is C24H25NO3S. The number of aryl methyl sites for hydroxylation is 1. The number of hydrogen-bond donors (Lipinski definition) is 1. The van der Waals surface area contributed by atoms with Crippen molar-refractivity contribution < 1.29 is 14.6 Å². The van der Waals surface area contributed by atoms with Gasteiger partial charge in [0.15, 0.2) is 0 Å². The number of carbonyl (C=O) groups excluding carboxylic acids is 1. The van der Waals surface area contributed by atoms with Gasteiger partial charge < -0.3 is 14.7 Å². The van der Waals surface area contributed by atoms with Crippen molar-refractivity contribution in [2.75, 3.05) is 11.5 Å². The van der Waals surface area contributed by atoms with Crippen LogP contribution in [0.4, 0.5) is 5.69 Å². The van der Waals surface area contributed by atoms with Gasteiger partial charge in [0.1, 0.15) is 11.5 Å². The molecule has 0 saturated carbocycles. The van der Waals surface area contributed by atoms with E-state index in [0.29, 0.717) is 6.61 Å². The normalized spacial score (nSPS) is 18.5. The van der Waals surface area contributed by atoms with Crippen LogP contribution in [0.25, 0.3) is 0 Å². The summed E-state index contributed by atoms with van der Waals surface area (Å²) in [6.45, 7) is 2.70. The minimum absolute atomic E-state index is 0.0736. The van der Waals surface area contributed by atoms with Crippen molar-refractivity contribution in [2.45, 2.75) is 32.2 Å². The fourth-order valence-corrected chi connectivity index (χ4v) is 4.73. The van der Waals surface area contributed by atoms with Crippen molar-refractivity contribution in [3.8, 4) is 11.5 Å². The van der Waals surface area contributed by atoms with Crippen LogP contribution in [0.2, 0.25) is 0 Å². The first kappa shape index (κ1) is 19.5. The highest BCUT2D eigenvalue weighted by Gasteiger charge is 2.48. The Bertz CT molecular complexity index is 935. The maximum absolute atomic E-state index is 12.6. The molecule has 2 aromatic carbocycles. The first-order chi connectivity index (χ1) is 14.2. The topological polar surface area (TPSA) is 49.8 Å². The van der Waals surface area contributed by atoms with Crippen LogP contribution in [0.3, 0.4) is 0 Å². The fraction of sp³-hybridized carbons (Fsp3) is 0.292. The molecule has 150 valence electrons. The van der Waals surface area contributed by atoms with Gasteiger partial charge >= 0.3 is 0 Å². The van der Waals surface area contributed by atoms with Gasteiger partial charge in [-0.1, -0.05) is 25.1 Å². The Morgan fingerprint density at radius 2 is 1.83 bits per heavy atom. The third-order valence-corrected chi connectivity index (χ3v) is 6.36. The molecule has 1 N–H and O–H groups in total. The number of aromatic hydroxyl groups is 1. The molecule has 1 aliphatic heterocycles. The van der Waals surface area contributed by atoms with E-state index in [1.54, 1.807) is 23.5 Å². The van der Waals surface area contributed by atoms with Gasteiger partial charge in [-0.15, -0.1) is 11.3 Å². The molecule has 1 amide bonds. The number of hydrogen-bond acceptors (Lipinski definition) is 4. The summed E-state index contributed by atoms with van der Waals surface area (Å²) in [5.74, 6) is 1.38. The van der Waals surface area contributed by atoms with Crippen LogP contribution in [-0.4, -0.2) is 17.6 Å². The maximum atomic E-state index is 12.6. The number of thiophene rings is 1. The number of carbonyl (C=O) groups is 1. The van der Waals surface area contributed by atoms with E-state index in [0.717, 1.165) is 30.7 Å². The molecule has 3 aromatic rings. The Balaban J connectivity index is 1.34. The van der Waals surface area contributed by atoms with Crippen LogP contribution in [0.5, 0.6) is 11.5 Å². The maximum Gasteiger partial charge on any atom is 0.233 e. The lowest BCUT2D eigenvalue weighted by molar-refractivity contribution is -0.130. The third-order valence-electron chi connectivity index (χ3n) is 5.42. The van der Waals surface area contributed by atoms with Crippen molar-refractivity contribution in [1.29, 1.82) is 0 Å². The van der Waals surface area contributed by atoms with Gasteiger partial charge in [-0.2, -0.15) is 0 Å². The highest BCUT2D eigenvalue weighted by molar-refractivity contribution is 7.10. The minimum atomic E-state index is 0.0736. The summed E-state index contributed by atoms with van der Waals surface area (Å²) < 4.78 is 5.86. The second-order valence-electron chi connectivity index (χ2n) is 7.30. The zero-order valence-electron chi connectivity index (χ0n) is 16.5. The third kappa shape index (κ3) is 4.15. The summed E-state index contributed by atoms with van der Waals surface area (Å²) in [5.41, 5.74) is 2.11. The number of nitrogens with zero attached hydrogens (tertiary/aromatic N) is 1. The standard InChI is InChI=1S/C24H25NO3S/c1-2-21-23(22-6-4-16-29-22)25(24(21)27)18-9-13-20(14-10-18)28-15-3-5-17-7-11-19(26)12-8-17/h4,6-14,16,21,23,26H,2-3,5,15H2,1H3/t21-,23-/m0/s1. The number of benzene rings is 2. The molecule has 29 heavy (non-hydrogen) atoms. The quantitative estimate of drug-likeness (QED) is 0.392. The lowest BCUT2D eigenvalue weighted by Crippen LogP contribution is -2.54. The summed E-state index contributed by atoms with van der Waals surface area (Å²) in [6, 6.07) is 19.4. The molecule has 1 saturated heterocycles. The lowest BCUT2D eigenvalue weighted by Gasteiger charge is -2.46. The number of phenols is 1. The van der Waals surface area contributed by atoms with E-state index in [1.807, 2.05) is 47.4 Å². The molecule has 2 heterocycles. The van der Waals surface area contributed by atoms with E-state index < -0.39 is 0 Å². The average Bonchev–Trinajstić information content (AvgIpc) is 3.26. The highest BCUT2D eigenvalue weighted by atomic mass is 32.1. The van der Waals surface area contributed by atoms with Crippen LogP contribution >= 0.6 is 11.3 Å². The fourth-order valence-electron chi connectivity index (χ4n) is 3.85. The van der Waals surface area contributed by atoms with Gasteiger partial charge in [-0.05, 0) is 72.7 Å². The molecule has 2 atom stereocenters. The van der Waals surface area contributed by atoms with Crippen LogP contribution in [-0.2, 0) is 11.2 Å². The zero-order chi connectivity index (χ0) is 20.2. The first-order valence-electron chi connectivity index (χ1n) is 10.0. The van der Waals surface area contributed by atoms with Gasteiger partial charge in [0.25, 0.3) is 0 Å². The number of ether oxygens (including phenoxy) is 1. The summed E-state index contributed by atoms with van der Waals surface area (Å²) in [6.07, 6.45) is 2.66. The second-order valence-corrected chi connectivity index (χ2v) is 8.27. The van der Waals surface area contributed by atoms with Crippen molar-refractivity contribution >= 4 is 22.9 Å². The second kappa shape index (κ2) is 8.70. The molecule has 0 spiro atoms. The Hall–Kier alpha value is -2.79. The summed E-state index contributed by atoms with van der Waals surface area (Å²) >= 11 is 1.71. The van der Waals surface area contributed by atoms with Crippen LogP contribution in [0.1, 0.15) is 36.2 Å². The van der Waals surface area contributed by atoms with E-state index in [9.17, 15) is 9.90 Å². The van der Waals surface area contributed by atoms with Gasteiger partial charge in [-0.3, -0.25) is 4.79 Å². The molecule has 1 fully saturated rings. The molecule has 1 aromatic heterocycles. The molecular weight excluding hydrogens is 382 g/mol. The van der Waals surface area contributed by atoms with Crippen LogP contribution in [0, 0.1) is 5.92 Å². The summed E-state index contributed by atoms with van der Waals surface area (Å²) in [7, 11) is 0. The van der Waals surface area contributed by atoms with Gasteiger partial charge in [-0.25, -0.2) is 0 Å². The van der Waals surface area contributed by atoms with Crippen molar-refractivity contribution in [1.82, 2.24) is 0 Å². The Morgan fingerprint density at radius 3 is 2.48 bits per heavy atom. The molecule has 4 nitrogen and oxygen atoms in total. The minimum Gasteiger partial charge on any atom is -0.508 e. The number of anilines is 1. The molecule has 0 unspecified atom stereocenters. The predicted molar refractivity (Wildman–Crippen MR) is 117 cm³/mol. The molecule has 0 radical (unpaired) electrons. The SMILES string of the molecule is CC[C@@H]1C(=O)N(c2ccc(OCCCc3ccc(O)cc3)cc2)[C@@H]1c1cccs1. The smallest absolute Gasteiger partial charge is 0.233 e. The van der Waals surface area contributed by atoms with Crippen molar-refractivity contribution in [2.24, 2.45) is 5.92 Å². The van der Waals surface area contributed by atoms with Gasteiger partial charge in [0, 0.05) is 10.6 Å². The number of β-lactam (4-membered cyclic amide) rings is 1. The molecule has 0 bridgehead atoms. The Morgan fingerprint density at radius 1 is 1.07 bits per heavy atom. The number of rotatable bonds is 8. The van der Waals surface area contributed by atoms with E-state index in [-0.39, 0.29) is 23.6 Å². The first-order valence-corrected chi connectivity index (χ1v) is 10.9. The van der Waals surface area contributed by atoms with E-state index in [1.165, 1.54) is 10.4 Å². The average molecular weight is 408 g/mol. The van der Waals surface area contributed by atoms with Gasteiger partial charge in [0.05, 0.1) is 18.6 Å². The number of amides is 1. The predicted octanol–water partition coefficient (Wildman–Crippen LogP) is 5.58. The monoisotopic (exact) mass is 407 g/mol. The van der Waals surface area contributed by atoms with E-state index in [2.05, 4.69) is 18.4 Å². The summed E-state index contributed by atoms with van der Waals surface area (Å²) in [4.78, 5) is 15.8. The summed E-state index contributed by atoms with van der Waals surface area (Å²) in [5, 5.41) is 11.4. The molecule has 1 aliphatic rings. The van der Waals surface area contributed by atoms with E-state index >= 15 is 0 Å². The lowest BCUT2D eigenvalue weighted by atomic mass is 9.83. The molecule has 5 heteroatoms. The molecule has 4 rings (SSSR count). The largest absolute Gasteiger partial charge is 0.508 e. The Kier molecular flexibility index (Phi) is 5.86. The van der Waals surface area contributed by atoms with Crippen molar-refractivity contribution in [3.05, 3.63) is 76.5 Å². The zero-order valence-corrected chi connectivity index (χ0v) is 17.3. The molecule has 0 aliphatic carbocycles. The highest BCUT2D eigenvalue weighted by Crippen LogP contribution is 2.46. The number of phenolic OH excluding ortho intramolecular Hbond substituents is 1. The Labute approximate surface area is 175 Å². The van der Waals surface area contributed by atoms with Crippen molar-refractivity contribution in [3.63, 3.8) is 0 Å². The van der Waals surface area contributed by atoms with Gasteiger partial charge in [0.2, 0.25) is 5.91 Å².